The van der Waals surface area contributed by atoms with Crippen LogP contribution < -0.4 is 5.32 Å². The van der Waals surface area contributed by atoms with E-state index in [-0.39, 0.29) is 11.9 Å². The van der Waals surface area contributed by atoms with Gasteiger partial charge in [0.25, 0.3) is 0 Å². The Labute approximate surface area is 101 Å². The molecule has 17 heavy (non-hydrogen) atoms. The van der Waals surface area contributed by atoms with Crippen molar-refractivity contribution >= 4 is 11.9 Å². The number of carbonyl (C=O) groups excluding carboxylic acids is 1. The predicted octanol–water partition coefficient (Wildman–Crippen LogP) is 1.57. The molecule has 0 radical (unpaired) electrons. The van der Waals surface area contributed by atoms with Crippen LogP contribution >= 0.6 is 0 Å². The van der Waals surface area contributed by atoms with Gasteiger partial charge in [0.1, 0.15) is 0 Å². The predicted molar refractivity (Wildman–Crippen MR) is 63.3 cm³/mol. The zero-order valence-electron chi connectivity index (χ0n) is 10.1. The van der Waals surface area contributed by atoms with Gasteiger partial charge in [-0.3, -0.25) is 4.79 Å². The summed E-state index contributed by atoms with van der Waals surface area (Å²) in [6.07, 6.45) is 7.14. The molecule has 2 fully saturated rings. The summed E-state index contributed by atoms with van der Waals surface area (Å²) in [4.78, 5) is 21.7. The topological polar surface area (TPSA) is 66.4 Å². The first-order valence-electron chi connectivity index (χ1n) is 6.27. The van der Waals surface area contributed by atoms with Crippen LogP contribution in [0.2, 0.25) is 0 Å². The first-order valence-corrected chi connectivity index (χ1v) is 6.27. The molecule has 2 saturated carbocycles. The van der Waals surface area contributed by atoms with Gasteiger partial charge in [-0.05, 0) is 43.9 Å². The maximum absolute atomic E-state index is 11.5. The van der Waals surface area contributed by atoms with Crippen molar-refractivity contribution in [2.24, 2.45) is 17.8 Å². The second-order valence-electron chi connectivity index (χ2n) is 5.31. The zero-order valence-corrected chi connectivity index (χ0v) is 10.1. The van der Waals surface area contributed by atoms with Crippen molar-refractivity contribution in [3.05, 3.63) is 12.2 Å². The van der Waals surface area contributed by atoms with E-state index in [1.807, 2.05) is 6.92 Å². The lowest BCUT2D eigenvalue weighted by molar-refractivity contribution is -0.131. The largest absolute Gasteiger partial charge is 0.478 e. The van der Waals surface area contributed by atoms with Gasteiger partial charge in [-0.15, -0.1) is 0 Å². The standard InChI is InChI=1S/C13H19NO3/c1-8(14-12(15)4-5-13(16)17)11-7-9-2-3-10(11)6-9/h4-5,8-11H,2-3,6-7H2,1H3,(H,14,15)(H,16,17)/b5-4+/t8-,9-,10-,11-/m1/s1. The second-order valence-corrected chi connectivity index (χ2v) is 5.31. The Morgan fingerprint density at radius 3 is 2.59 bits per heavy atom. The SMILES string of the molecule is C[C@@H](NC(=O)/C=C/C(=O)O)[C@H]1C[C@@H]2CC[C@@H]1C2. The molecule has 2 bridgehead atoms. The molecule has 0 spiro atoms. The third-order valence-corrected chi connectivity index (χ3v) is 4.18. The molecule has 4 nitrogen and oxygen atoms in total. The number of hydrogen-bond acceptors (Lipinski definition) is 2. The summed E-state index contributed by atoms with van der Waals surface area (Å²) < 4.78 is 0. The maximum Gasteiger partial charge on any atom is 0.328 e. The average Bonchev–Trinajstić information content (AvgIpc) is 2.87. The quantitative estimate of drug-likeness (QED) is 0.729. The molecule has 94 valence electrons. The minimum atomic E-state index is -1.09. The van der Waals surface area contributed by atoms with Crippen LogP contribution in [0.25, 0.3) is 0 Å². The van der Waals surface area contributed by atoms with Gasteiger partial charge >= 0.3 is 5.97 Å². The second kappa shape index (κ2) is 4.90. The lowest BCUT2D eigenvalue weighted by atomic mass is 9.84. The zero-order chi connectivity index (χ0) is 12.4. The van der Waals surface area contributed by atoms with E-state index in [2.05, 4.69) is 5.32 Å². The molecule has 0 saturated heterocycles. The summed E-state index contributed by atoms with van der Waals surface area (Å²) in [5, 5.41) is 11.3. The Morgan fingerprint density at radius 1 is 1.29 bits per heavy atom. The number of carbonyl (C=O) groups is 2. The minimum Gasteiger partial charge on any atom is -0.478 e. The van der Waals surface area contributed by atoms with Crippen molar-refractivity contribution in [1.29, 1.82) is 0 Å². The summed E-state index contributed by atoms with van der Waals surface area (Å²) >= 11 is 0. The van der Waals surface area contributed by atoms with Crippen LogP contribution in [0.5, 0.6) is 0 Å². The van der Waals surface area contributed by atoms with Crippen LogP contribution in [0.1, 0.15) is 32.6 Å². The highest BCUT2D eigenvalue weighted by Crippen LogP contribution is 2.49. The summed E-state index contributed by atoms with van der Waals surface area (Å²) in [5.74, 6) is 0.809. The van der Waals surface area contributed by atoms with E-state index in [1.165, 1.54) is 25.7 Å². The molecule has 2 aliphatic rings. The molecule has 0 unspecified atom stereocenters. The molecule has 1 amide bonds. The third-order valence-electron chi connectivity index (χ3n) is 4.18. The first-order chi connectivity index (χ1) is 8.06. The Balaban J connectivity index is 1.83. The summed E-state index contributed by atoms with van der Waals surface area (Å²) in [6.45, 7) is 2.03. The van der Waals surface area contributed by atoms with Crippen LogP contribution in [0.4, 0.5) is 0 Å². The molecule has 4 atom stereocenters. The lowest BCUT2D eigenvalue weighted by Gasteiger charge is -2.28. The van der Waals surface area contributed by atoms with Gasteiger partial charge in [0.2, 0.25) is 5.91 Å². The molecule has 0 aromatic carbocycles. The van der Waals surface area contributed by atoms with Gasteiger partial charge in [-0.1, -0.05) is 6.42 Å². The van der Waals surface area contributed by atoms with Crippen molar-refractivity contribution in [2.45, 2.75) is 38.6 Å². The Kier molecular flexibility index (Phi) is 3.50. The van der Waals surface area contributed by atoms with Crippen molar-refractivity contribution < 1.29 is 14.7 Å². The van der Waals surface area contributed by atoms with E-state index in [1.54, 1.807) is 0 Å². The number of aliphatic carboxylic acids is 1. The molecule has 0 aromatic rings. The van der Waals surface area contributed by atoms with Gasteiger partial charge in [-0.25, -0.2) is 4.79 Å². The van der Waals surface area contributed by atoms with Gasteiger partial charge in [-0.2, -0.15) is 0 Å². The molecular weight excluding hydrogens is 218 g/mol. The summed E-state index contributed by atoms with van der Waals surface area (Å²) in [5.41, 5.74) is 0. The normalized spacial score (nSPS) is 32.9. The Hall–Kier alpha value is -1.32. The average molecular weight is 237 g/mol. The third kappa shape index (κ3) is 2.87. The van der Waals surface area contributed by atoms with E-state index in [0.717, 1.165) is 24.0 Å². The smallest absolute Gasteiger partial charge is 0.328 e. The molecule has 2 aliphatic carbocycles. The fourth-order valence-corrected chi connectivity index (χ4v) is 3.43. The fourth-order valence-electron chi connectivity index (χ4n) is 3.43. The van der Waals surface area contributed by atoms with Crippen LogP contribution in [-0.4, -0.2) is 23.0 Å². The number of nitrogens with one attached hydrogen (secondary N) is 1. The number of hydrogen-bond donors (Lipinski definition) is 2. The van der Waals surface area contributed by atoms with Crippen LogP contribution in [0.3, 0.4) is 0 Å². The van der Waals surface area contributed by atoms with Crippen LogP contribution in [0.15, 0.2) is 12.2 Å². The van der Waals surface area contributed by atoms with Crippen molar-refractivity contribution in [3.63, 3.8) is 0 Å². The molecule has 2 rings (SSSR count). The van der Waals surface area contributed by atoms with Gasteiger partial charge in [0, 0.05) is 18.2 Å². The van der Waals surface area contributed by atoms with Crippen molar-refractivity contribution in [3.8, 4) is 0 Å². The van der Waals surface area contributed by atoms with E-state index >= 15 is 0 Å². The maximum atomic E-state index is 11.5. The molecule has 0 heterocycles. The molecule has 0 aliphatic heterocycles. The van der Waals surface area contributed by atoms with Gasteiger partial charge in [0.05, 0.1) is 0 Å². The van der Waals surface area contributed by atoms with Crippen molar-refractivity contribution in [2.75, 3.05) is 0 Å². The highest BCUT2D eigenvalue weighted by molar-refractivity contribution is 5.93. The number of carboxylic acids is 1. The Morgan fingerprint density at radius 2 is 2.06 bits per heavy atom. The van der Waals surface area contributed by atoms with Gasteiger partial charge in [0.15, 0.2) is 0 Å². The van der Waals surface area contributed by atoms with E-state index in [0.29, 0.717) is 5.92 Å². The highest BCUT2D eigenvalue weighted by atomic mass is 16.4. The summed E-state index contributed by atoms with van der Waals surface area (Å²) in [7, 11) is 0. The van der Waals surface area contributed by atoms with Gasteiger partial charge < -0.3 is 10.4 Å². The van der Waals surface area contributed by atoms with Crippen LogP contribution in [-0.2, 0) is 9.59 Å². The minimum absolute atomic E-state index is 0.149. The van der Waals surface area contributed by atoms with E-state index in [9.17, 15) is 9.59 Å². The fraction of sp³-hybridized carbons (Fsp3) is 0.692. The van der Waals surface area contributed by atoms with E-state index in [4.69, 9.17) is 5.11 Å². The van der Waals surface area contributed by atoms with Crippen LogP contribution in [0, 0.1) is 17.8 Å². The Bertz CT molecular complexity index is 351. The molecule has 4 heteroatoms. The lowest BCUT2D eigenvalue weighted by Crippen LogP contribution is -2.39. The molecular formula is C13H19NO3. The number of fused-ring (bicyclic) bond motifs is 2. The van der Waals surface area contributed by atoms with E-state index < -0.39 is 5.97 Å². The van der Waals surface area contributed by atoms with Crippen molar-refractivity contribution in [1.82, 2.24) is 5.32 Å². The highest BCUT2D eigenvalue weighted by Gasteiger charge is 2.41. The summed E-state index contributed by atoms with van der Waals surface area (Å²) in [6, 6.07) is 0.149. The number of amides is 1. The number of carboxylic acid groups (broad SMARTS) is 1. The monoisotopic (exact) mass is 237 g/mol. The molecule has 2 N–H and O–H groups in total. The number of rotatable bonds is 4. The first kappa shape index (κ1) is 12.1. The molecule has 0 aromatic heterocycles.